The summed E-state index contributed by atoms with van der Waals surface area (Å²) >= 11 is 12.0. The second-order valence-electron chi connectivity index (χ2n) is 5.81. The van der Waals surface area contributed by atoms with Crippen LogP contribution in [0.2, 0.25) is 10.2 Å². The molecule has 0 unspecified atom stereocenters. The van der Waals surface area contributed by atoms with Crippen LogP contribution in [0.15, 0.2) is 41.4 Å². The highest BCUT2D eigenvalue weighted by Gasteiger charge is 2.11. The molecular weight excluding hydrogens is 409 g/mol. The molecule has 0 bridgehead atoms. The number of halogens is 2. The average Bonchev–Trinajstić information content (AvgIpc) is 2.90. The van der Waals surface area contributed by atoms with Gasteiger partial charge in [0.2, 0.25) is 10.0 Å². The number of benzene rings is 1. The highest BCUT2D eigenvalue weighted by molar-refractivity contribution is 7.89. The monoisotopic (exact) mass is 431 g/mol. The topological polar surface area (TPSA) is 87.5 Å². The molecule has 0 radical (unpaired) electrons. The van der Waals surface area contributed by atoms with E-state index in [1.54, 1.807) is 17.7 Å². The lowest BCUT2D eigenvalue weighted by molar-refractivity contribution is 0.580. The maximum atomic E-state index is 12.1. The zero-order valence-corrected chi connectivity index (χ0v) is 17.5. The lowest BCUT2D eigenvalue weighted by atomic mass is 10.2. The third-order valence-electron chi connectivity index (χ3n) is 3.88. The van der Waals surface area contributed by atoms with Crippen LogP contribution in [0.3, 0.4) is 0 Å². The summed E-state index contributed by atoms with van der Waals surface area (Å²) in [6.45, 7) is 0.936. The van der Waals surface area contributed by atoms with Crippen molar-refractivity contribution in [2.75, 3.05) is 19.3 Å². The van der Waals surface area contributed by atoms with Gasteiger partial charge in [0.25, 0.3) is 0 Å². The molecule has 0 aliphatic heterocycles. The Morgan fingerprint density at radius 3 is 2.44 bits per heavy atom. The second-order valence-corrected chi connectivity index (χ2v) is 8.50. The van der Waals surface area contributed by atoms with Gasteiger partial charge in [-0.05, 0) is 11.6 Å². The first-order valence-corrected chi connectivity index (χ1v) is 10.7. The zero-order chi connectivity index (χ0) is 19.9. The number of guanidine groups is 1. The van der Waals surface area contributed by atoms with E-state index >= 15 is 0 Å². The number of aromatic nitrogens is 1. The molecule has 0 amide bonds. The van der Waals surface area contributed by atoms with Crippen LogP contribution in [-0.4, -0.2) is 38.3 Å². The van der Waals surface area contributed by atoms with Crippen molar-refractivity contribution >= 4 is 39.2 Å². The molecule has 7 nitrogen and oxygen atoms in total. The summed E-state index contributed by atoms with van der Waals surface area (Å²) in [5.74, 6) is 0.421. The number of hydrogen-bond acceptors (Lipinski definition) is 3. The molecule has 0 saturated heterocycles. The summed E-state index contributed by atoms with van der Waals surface area (Å²) in [5.41, 5.74) is 1.79. The van der Waals surface area contributed by atoms with Crippen molar-refractivity contribution < 1.29 is 8.42 Å². The molecular formula is C17H23Cl2N5O2S. The maximum absolute atomic E-state index is 12.1. The number of hydrogen-bond donors (Lipinski definition) is 3. The van der Waals surface area contributed by atoms with E-state index in [1.165, 1.54) is 0 Å². The van der Waals surface area contributed by atoms with E-state index in [9.17, 15) is 8.42 Å². The van der Waals surface area contributed by atoms with Crippen molar-refractivity contribution in [3.8, 4) is 0 Å². The SMILES string of the molecule is CN=C(NCCS(=O)(=O)NCc1ccccc1)NCc1cc(Cl)c(Cl)n1C. The van der Waals surface area contributed by atoms with Gasteiger partial charge in [0.05, 0.1) is 17.3 Å². The van der Waals surface area contributed by atoms with Crippen molar-refractivity contribution in [3.63, 3.8) is 0 Å². The average molecular weight is 432 g/mol. The van der Waals surface area contributed by atoms with Gasteiger partial charge in [0.15, 0.2) is 5.96 Å². The second kappa shape index (κ2) is 9.98. The summed E-state index contributed by atoms with van der Waals surface area (Å²) in [6.07, 6.45) is 0. The van der Waals surface area contributed by atoms with Crippen molar-refractivity contribution in [2.24, 2.45) is 12.0 Å². The summed E-state index contributed by atoms with van der Waals surface area (Å²) in [7, 11) is 0.0314. The van der Waals surface area contributed by atoms with Gasteiger partial charge in [-0.25, -0.2) is 13.1 Å². The molecule has 3 N–H and O–H groups in total. The Hall–Kier alpha value is -1.74. The van der Waals surface area contributed by atoms with E-state index < -0.39 is 10.0 Å². The van der Waals surface area contributed by atoms with Gasteiger partial charge < -0.3 is 15.2 Å². The van der Waals surface area contributed by atoms with Gasteiger partial charge >= 0.3 is 0 Å². The molecule has 27 heavy (non-hydrogen) atoms. The summed E-state index contributed by atoms with van der Waals surface area (Å²) in [6, 6.07) is 11.1. The fourth-order valence-electron chi connectivity index (χ4n) is 2.32. The summed E-state index contributed by atoms with van der Waals surface area (Å²) in [5, 5.41) is 7.02. The van der Waals surface area contributed by atoms with Crippen LogP contribution >= 0.6 is 23.2 Å². The lowest BCUT2D eigenvalue weighted by Crippen LogP contribution is -2.40. The maximum Gasteiger partial charge on any atom is 0.213 e. The van der Waals surface area contributed by atoms with Crippen molar-refractivity contribution in [1.29, 1.82) is 0 Å². The van der Waals surface area contributed by atoms with Crippen LogP contribution in [0, 0.1) is 0 Å². The Kier molecular flexibility index (Phi) is 7.97. The molecule has 1 aromatic carbocycles. The Morgan fingerprint density at radius 1 is 1.15 bits per heavy atom. The minimum absolute atomic E-state index is 0.0671. The molecule has 2 rings (SSSR count). The Balaban J connectivity index is 1.77. The minimum atomic E-state index is -3.39. The Labute approximate surface area is 169 Å². The predicted octanol–water partition coefficient (Wildman–Crippen LogP) is 2.12. The smallest absolute Gasteiger partial charge is 0.213 e. The van der Waals surface area contributed by atoms with E-state index in [-0.39, 0.29) is 18.8 Å². The molecule has 1 aromatic heterocycles. The number of nitrogens with one attached hydrogen (secondary N) is 3. The number of nitrogens with zero attached hydrogens (tertiary/aromatic N) is 2. The van der Waals surface area contributed by atoms with Gasteiger partial charge in [-0.1, -0.05) is 53.5 Å². The van der Waals surface area contributed by atoms with Crippen LogP contribution in [0.4, 0.5) is 0 Å². The minimum Gasteiger partial charge on any atom is -0.355 e. The van der Waals surface area contributed by atoms with E-state index in [0.29, 0.717) is 22.7 Å². The Bertz CT molecular complexity index is 882. The lowest BCUT2D eigenvalue weighted by Gasteiger charge is -2.13. The fourth-order valence-corrected chi connectivity index (χ4v) is 3.64. The standard InChI is InChI=1S/C17H23Cl2N5O2S/c1-20-17(22-12-14-10-15(18)16(19)24(14)2)21-8-9-27(25,26)23-11-13-6-4-3-5-7-13/h3-7,10,23H,8-9,11-12H2,1-2H3,(H2,20,21,22). The molecule has 0 aliphatic rings. The van der Waals surface area contributed by atoms with Crippen molar-refractivity contribution in [1.82, 2.24) is 19.9 Å². The molecule has 2 aromatic rings. The Morgan fingerprint density at radius 2 is 1.85 bits per heavy atom. The van der Waals surface area contributed by atoms with E-state index in [0.717, 1.165) is 11.3 Å². The molecule has 1 heterocycles. The third-order valence-corrected chi connectivity index (χ3v) is 6.05. The van der Waals surface area contributed by atoms with E-state index in [2.05, 4.69) is 20.3 Å². The van der Waals surface area contributed by atoms with Crippen LogP contribution in [0.1, 0.15) is 11.3 Å². The molecule has 0 aliphatic carbocycles. The number of rotatable bonds is 8. The summed E-state index contributed by atoms with van der Waals surface area (Å²) < 4.78 is 28.5. The highest BCUT2D eigenvalue weighted by atomic mass is 35.5. The first-order chi connectivity index (χ1) is 12.8. The predicted molar refractivity (Wildman–Crippen MR) is 111 cm³/mol. The first kappa shape index (κ1) is 21.6. The molecule has 0 fully saturated rings. The van der Waals surface area contributed by atoms with Crippen LogP contribution < -0.4 is 15.4 Å². The van der Waals surface area contributed by atoms with Gasteiger partial charge in [-0.3, -0.25) is 4.99 Å². The molecule has 0 spiro atoms. The normalized spacial score (nSPS) is 12.2. The van der Waals surface area contributed by atoms with E-state index in [1.807, 2.05) is 37.4 Å². The van der Waals surface area contributed by atoms with Crippen molar-refractivity contribution in [3.05, 3.63) is 57.8 Å². The largest absolute Gasteiger partial charge is 0.355 e. The van der Waals surface area contributed by atoms with Crippen molar-refractivity contribution in [2.45, 2.75) is 13.1 Å². The molecule has 148 valence electrons. The highest BCUT2D eigenvalue weighted by Crippen LogP contribution is 2.24. The molecule has 10 heteroatoms. The molecule has 0 atom stereocenters. The van der Waals surface area contributed by atoms with Gasteiger partial charge in [0.1, 0.15) is 5.15 Å². The summed E-state index contributed by atoms with van der Waals surface area (Å²) in [4.78, 5) is 4.08. The van der Waals surface area contributed by atoms with Gasteiger partial charge in [-0.15, -0.1) is 0 Å². The van der Waals surface area contributed by atoms with Crippen LogP contribution in [0.25, 0.3) is 0 Å². The van der Waals surface area contributed by atoms with Gasteiger partial charge in [-0.2, -0.15) is 0 Å². The van der Waals surface area contributed by atoms with Gasteiger partial charge in [0, 0.05) is 32.9 Å². The molecule has 0 saturated carbocycles. The van der Waals surface area contributed by atoms with E-state index in [4.69, 9.17) is 23.2 Å². The fraction of sp³-hybridized carbons (Fsp3) is 0.353. The number of sulfonamides is 1. The van der Waals surface area contributed by atoms with Crippen LogP contribution in [-0.2, 0) is 30.2 Å². The third kappa shape index (κ3) is 6.73. The number of aliphatic imine (C=N–C) groups is 1. The zero-order valence-electron chi connectivity index (χ0n) is 15.2. The first-order valence-electron chi connectivity index (χ1n) is 8.28. The van der Waals surface area contributed by atoms with Crippen LogP contribution in [0.5, 0.6) is 0 Å². The quantitative estimate of drug-likeness (QED) is 0.441.